The van der Waals surface area contributed by atoms with Crippen molar-refractivity contribution >= 4 is 35.0 Å². The molecule has 27 heavy (non-hydrogen) atoms. The Morgan fingerprint density at radius 2 is 1.26 bits per heavy atom. The number of ether oxygens (including phenoxy) is 2. The van der Waals surface area contributed by atoms with Gasteiger partial charge in [-0.1, -0.05) is 12.1 Å². The van der Waals surface area contributed by atoms with Gasteiger partial charge in [-0.15, -0.1) is 0 Å². The number of nitrogens with one attached hydrogen (secondary N) is 2. The molecule has 0 spiro atoms. The van der Waals surface area contributed by atoms with Gasteiger partial charge in [-0.25, -0.2) is 0 Å². The van der Waals surface area contributed by atoms with E-state index in [9.17, 15) is 9.59 Å². The fourth-order valence-electron chi connectivity index (χ4n) is 2.28. The Morgan fingerprint density at radius 3 is 1.67 bits per heavy atom. The summed E-state index contributed by atoms with van der Waals surface area (Å²) in [5.41, 5.74) is 1.42. The van der Waals surface area contributed by atoms with Crippen molar-refractivity contribution in [3.8, 4) is 11.5 Å². The van der Waals surface area contributed by atoms with Crippen LogP contribution in [0.4, 0.5) is 11.4 Å². The van der Waals surface area contributed by atoms with Crippen molar-refractivity contribution in [2.45, 2.75) is 12.8 Å². The van der Waals surface area contributed by atoms with Crippen LogP contribution in [0.3, 0.4) is 0 Å². The Balaban J connectivity index is 1.61. The number of thioether (sulfide) groups is 1. The van der Waals surface area contributed by atoms with Crippen molar-refractivity contribution < 1.29 is 19.1 Å². The van der Waals surface area contributed by atoms with Crippen molar-refractivity contribution in [3.05, 3.63) is 48.5 Å². The molecular weight excluding hydrogens is 364 g/mol. The highest BCUT2D eigenvalue weighted by Crippen LogP contribution is 2.18. The predicted octanol–water partition coefficient (Wildman–Crippen LogP) is 3.79. The van der Waals surface area contributed by atoms with Gasteiger partial charge < -0.3 is 20.1 Å². The molecule has 0 saturated heterocycles. The molecule has 7 heteroatoms. The maximum absolute atomic E-state index is 12.0. The number of methoxy groups -OCH3 is 2. The lowest BCUT2D eigenvalue weighted by Gasteiger charge is -2.08. The van der Waals surface area contributed by atoms with Crippen LogP contribution in [0.2, 0.25) is 0 Å². The second-order valence-electron chi connectivity index (χ2n) is 5.67. The van der Waals surface area contributed by atoms with Gasteiger partial charge in [-0.05, 0) is 24.3 Å². The smallest absolute Gasteiger partial charge is 0.225 e. The molecular formula is C20H24N2O4S. The van der Waals surface area contributed by atoms with E-state index >= 15 is 0 Å². The van der Waals surface area contributed by atoms with Gasteiger partial charge >= 0.3 is 0 Å². The van der Waals surface area contributed by atoms with E-state index in [1.54, 1.807) is 38.1 Å². The topological polar surface area (TPSA) is 76.7 Å². The minimum absolute atomic E-state index is 0.0587. The summed E-state index contributed by atoms with van der Waals surface area (Å²) < 4.78 is 10.3. The zero-order valence-corrected chi connectivity index (χ0v) is 16.3. The summed E-state index contributed by atoms with van der Waals surface area (Å²) >= 11 is 1.58. The maximum atomic E-state index is 12.0. The van der Waals surface area contributed by atoms with Crippen LogP contribution in [0, 0.1) is 0 Å². The van der Waals surface area contributed by atoms with E-state index in [1.807, 2.05) is 36.4 Å². The molecule has 0 aliphatic rings. The van der Waals surface area contributed by atoms with Crippen LogP contribution in [0.1, 0.15) is 12.8 Å². The molecule has 6 nitrogen and oxygen atoms in total. The first-order chi connectivity index (χ1) is 13.1. The molecule has 2 aromatic carbocycles. The van der Waals surface area contributed by atoms with Gasteiger partial charge in [-0.3, -0.25) is 9.59 Å². The second-order valence-corrected chi connectivity index (χ2v) is 6.90. The maximum Gasteiger partial charge on any atom is 0.225 e. The fourth-order valence-corrected chi connectivity index (χ4v) is 3.14. The van der Waals surface area contributed by atoms with Crippen molar-refractivity contribution in [2.24, 2.45) is 0 Å². The first-order valence-electron chi connectivity index (χ1n) is 8.56. The van der Waals surface area contributed by atoms with Crippen molar-refractivity contribution in [1.82, 2.24) is 0 Å². The molecule has 0 aromatic heterocycles. The molecule has 0 heterocycles. The van der Waals surface area contributed by atoms with Gasteiger partial charge in [-0.2, -0.15) is 11.8 Å². The molecule has 2 aromatic rings. The molecule has 0 unspecified atom stereocenters. The van der Waals surface area contributed by atoms with Gasteiger partial charge in [0.25, 0.3) is 0 Å². The largest absolute Gasteiger partial charge is 0.497 e. The fraction of sp³-hybridized carbons (Fsp3) is 0.300. The Hall–Kier alpha value is -2.67. The standard InChI is InChI=1S/C20H24N2O4S/c1-25-17-7-3-5-15(13-17)21-19(23)9-11-27-12-10-20(24)22-16-6-4-8-18(14-16)26-2/h3-8,13-14H,9-12H2,1-2H3,(H,21,23)(H,22,24). The van der Waals surface area contributed by atoms with E-state index in [1.165, 1.54) is 0 Å². The first kappa shape index (κ1) is 20.6. The quantitative estimate of drug-likeness (QED) is 0.606. The Morgan fingerprint density at radius 1 is 0.815 bits per heavy atom. The van der Waals surface area contributed by atoms with E-state index < -0.39 is 0 Å². The highest BCUT2D eigenvalue weighted by molar-refractivity contribution is 7.99. The van der Waals surface area contributed by atoms with Crippen LogP contribution in [-0.4, -0.2) is 37.5 Å². The van der Waals surface area contributed by atoms with E-state index in [2.05, 4.69) is 10.6 Å². The summed E-state index contributed by atoms with van der Waals surface area (Å²) in [6.45, 7) is 0. The van der Waals surface area contributed by atoms with E-state index in [0.717, 1.165) is 0 Å². The molecule has 0 aliphatic heterocycles. The van der Waals surface area contributed by atoms with Crippen molar-refractivity contribution in [2.75, 3.05) is 36.4 Å². The van der Waals surface area contributed by atoms with Crippen molar-refractivity contribution in [3.63, 3.8) is 0 Å². The second kappa shape index (κ2) is 11.1. The first-order valence-corrected chi connectivity index (χ1v) is 9.71. The molecule has 0 radical (unpaired) electrons. The Kier molecular flexibility index (Phi) is 8.51. The summed E-state index contributed by atoms with van der Waals surface area (Å²) in [6.07, 6.45) is 0.777. The molecule has 2 N–H and O–H groups in total. The third-order valence-electron chi connectivity index (χ3n) is 3.65. The summed E-state index contributed by atoms with van der Waals surface area (Å²) in [5.74, 6) is 2.59. The van der Waals surface area contributed by atoms with E-state index in [-0.39, 0.29) is 11.8 Å². The molecule has 0 fully saturated rings. The lowest BCUT2D eigenvalue weighted by Crippen LogP contribution is -2.14. The van der Waals surface area contributed by atoms with Gasteiger partial charge in [0.2, 0.25) is 11.8 Å². The van der Waals surface area contributed by atoms with Crippen LogP contribution in [0.25, 0.3) is 0 Å². The Bertz CT molecular complexity index is 704. The van der Waals surface area contributed by atoms with Crippen molar-refractivity contribution in [1.29, 1.82) is 0 Å². The van der Waals surface area contributed by atoms with E-state index in [0.29, 0.717) is 47.2 Å². The van der Waals surface area contributed by atoms with Gasteiger partial charge in [0.05, 0.1) is 14.2 Å². The van der Waals surface area contributed by atoms with Crippen LogP contribution in [0.15, 0.2) is 48.5 Å². The van der Waals surface area contributed by atoms with Gasteiger partial charge in [0.15, 0.2) is 0 Å². The number of amides is 2. The minimum Gasteiger partial charge on any atom is -0.497 e. The summed E-state index contributed by atoms with van der Waals surface area (Å²) in [6, 6.07) is 14.5. The highest BCUT2D eigenvalue weighted by atomic mass is 32.2. The molecule has 0 saturated carbocycles. The van der Waals surface area contributed by atoms with Crippen LogP contribution < -0.4 is 20.1 Å². The minimum atomic E-state index is -0.0587. The number of hydrogen-bond donors (Lipinski definition) is 2. The highest BCUT2D eigenvalue weighted by Gasteiger charge is 2.06. The zero-order valence-electron chi connectivity index (χ0n) is 15.5. The lowest BCUT2D eigenvalue weighted by atomic mass is 10.3. The number of hydrogen-bond acceptors (Lipinski definition) is 5. The normalized spacial score (nSPS) is 10.1. The average molecular weight is 388 g/mol. The Labute approximate surface area is 163 Å². The molecule has 0 bridgehead atoms. The van der Waals surface area contributed by atoms with Gasteiger partial charge in [0.1, 0.15) is 11.5 Å². The summed E-state index contributed by atoms with van der Waals surface area (Å²) in [4.78, 5) is 23.9. The number of anilines is 2. The number of rotatable bonds is 10. The monoisotopic (exact) mass is 388 g/mol. The molecule has 144 valence electrons. The van der Waals surface area contributed by atoms with Gasteiger partial charge in [0, 0.05) is 47.9 Å². The molecule has 2 amide bonds. The van der Waals surface area contributed by atoms with E-state index in [4.69, 9.17) is 9.47 Å². The molecule has 2 rings (SSSR count). The molecule has 0 aliphatic carbocycles. The van der Waals surface area contributed by atoms with Crippen LogP contribution >= 0.6 is 11.8 Å². The predicted molar refractivity (Wildman–Crippen MR) is 110 cm³/mol. The summed E-state index contributed by atoms with van der Waals surface area (Å²) in [7, 11) is 3.17. The third-order valence-corrected chi connectivity index (χ3v) is 4.64. The number of carbonyl (C=O) groups excluding carboxylic acids is 2. The summed E-state index contributed by atoms with van der Waals surface area (Å²) in [5, 5.41) is 5.67. The third kappa shape index (κ3) is 7.62. The average Bonchev–Trinajstić information content (AvgIpc) is 2.68. The SMILES string of the molecule is COc1cccc(NC(=O)CCSCCC(=O)Nc2cccc(OC)c2)c1. The lowest BCUT2D eigenvalue weighted by molar-refractivity contribution is -0.116. The molecule has 0 atom stereocenters. The number of benzene rings is 2. The van der Waals surface area contributed by atoms with Crippen LogP contribution in [-0.2, 0) is 9.59 Å². The van der Waals surface area contributed by atoms with Crippen LogP contribution in [0.5, 0.6) is 11.5 Å². The number of carbonyl (C=O) groups is 2. The zero-order chi connectivity index (χ0) is 19.5.